The number of amides is 3. The molecule has 1 atom stereocenters. The Kier molecular flexibility index (Phi) is 5.38. The van der Waals surface area contributed by atoms with E-state index in [9.17, 15) is 19.2 Å². The van der Waals surface area contributed by atoms with Crippen molar-refractivity contribution >= 4 is 45.6 Å². The first-order valence-electron chi connectivity index (χ1n) is 9.63. The number of carbonyl (C=O) groups is 3. The van der Waals surface area contributed by atoms with Gasteiger partial charge in [-0.2, -0.15) is 0 Å². The van der Waals surface area contributed by atoms with E-state index in [1.165, 1.54) is 15.9 Å². The summed E-state index contributed by atoms with van der Waals surface area (Å²) in [5.41, 5.74) is 6.14. The van der Waals surface area contributed by atoms with Gasteiger partial charge in [-0.1, -0.05) is 6.07 Å². The van der Waals surface area contributed by atoms with Gasteiger partial charge in [0.1, 0.15) is 28.1 Å². The molecule has 11 heteroatoms. The Morgan fingerprint density at radius 1 is 1.29 bits per heavy atom. The molecular weight excluding hydrogens is 420 g/mol. The maximum atomic E-state index is 13.2. The van der Waals surface area contributed by atoms with E-state index < -0.39 is 23.4 Å². The van der Waals surface area contributed by atoms with Crippen molar-refractivity contribution in [1.82, 2.24) is 19.9 Å². The zero-order chi connectivity index (χ0) is 22.3. The van der Waals surface area contributed by atoms with Gasteiger partial charge in [-0.05, 0) is 32.4 Å². The lowest BCUT2D eigenvalue weighted by atomic mass is 10.1. The van der Waals surface area contributed by atoms with Crippen LogP contribution in [-0.4, -0.2) is 32.3 Å². The van der Waals surface area contributed by atoms with Crippen LogP contribution in [0.4, 0.5) is 5.69 Å². The average molecular weight is 440 g/mol. The van der Waals surface area contributed by atoms with Gasteiger partial charge in [0.2, 0.25) is 11.8 Å². The molecule has 1 aliphatic rings. The number of para-hydroxylation sites is 1. The third-order valence-corrected chi connectivity index (χ3v) is 6.10. The monoisotopic (exact) mass is 440 g/mol. The minimum atomic E-state index is -0.812. The number of hydrogen-bond donors (Lipinski definition) is 3. The summed E-state index contributed by atoms with van der Waals surface area (Å²) in [6.07, 6.45) is 0.371. The van der Waals surface area contributed by atoms with Crippen LogP contribution in [0.2, 0.25) is 0 Å². The molecule has 2 aromatic heterocycles. The molecule has 1 aliphatic heterocycles. The van der Waals surface area contributed by atoms with Gasteiger partial charge in [-0.25, -0.2) is 9.97 Å². The van der Waals surface area contributed by atoms with Gasteiger partial charge in [-0.15, -0.1) is 11.3 Å². The van der Waals surface area contributed by atoms with Crippen molar-refractivity contribution in [1.29, 1.82) is 0 Å². The van der Waals surface area contributed by atoms with Crippen LogP contribution >= 0.6 is 11.3 Å². The summed E-state index contributed by atoms with van der Waals surface area (Å²) in [7, 11) is 0. The molecule has 4 rings (SSSR count). The van der Waals surface area contributed by atoms with Gasteiger partial charge < -0.3 is 11.1 Å². The molecular formula is C20H20N6O4S. The zero-order valence-electron chi connectivity index (χ0n) is 16.9. The summed E-state index contributed by atoms with van der Waals surface area (Å²) in [4.78, 5) is 59.2. The fourth-order valence-electron chi connectivity index (χ4n) is 3.66. The van der Waals surface area contributed by atoms with Crippen molar-refractivity contribution in [3.8, 4) is 0 Å². The molecule has 4 N–H and O–H groups in total. The van der Waals surface area contributed by atoms with E-state index in [1.807, 2.05) is 0 Å². The minimum Gasteiger partial charge on any atom is -0.325 e. The van der Waals surface area contributed by atoms with E-state index in [2.05, 4.69) is 20.6 Å². The standard InChI is InChI=1S/C20H20N6O4S/c1-9-16(25-15(8-21)31-9)19(29)23-12-5-3-4-11-17(12)22-10(2)26(20(11)30)13-6-7-14(27)24-18(13)28/h3-5,13H,6-8,21H2,1-2H3,(H,23,29)(H,24,27,28). The highest BCUT2D eigenvalue weighted by Crippen LogP contribution is 2.25. The van der Waals surface area contributed by atoms with Gasteiger partial charge in [0, 0.05) is 17.8 Å². The van der Waals surface area contributed by atoms with Crippen molar-refractivity contribution in [2.24, 2.45) is 5.73 Å². The van der Waals surface area contributed by atoms with E-state index in [0.717, 1.165) is 4.88 Å². The first-order valence-corrected chi connectivity index (χ1v) is 10.4. The van der Waals surface area contributed by atoms with Crippen LogP contribution in [0.5, 0.6) is 0 Å². The van der Waals surface area contributed by atoms with Crippen LogP contribution in [0.15, 0.2) is 23.0 Å². The number of aromatic nitrogens is 3. The van der Waals surface area contributed by atoms with Crippen molar-refractivity contribution in [3.63, 3.8) is 0 Å². The highest BCUT2D eigenvalue weighted by Gasteiger charge is 2.30. The van der Waals surface area contributed by atoms with E-state index in [1.54, 1.807) is 32.0 Å². The number of fused-ring (bicyclic) bond motifs is 1. The van der Waals surface area contributed by atoms with Crippen molar-refractivity contribution < 1.29 is 14.4 Å². The van der Waals surface area contributed by atoms with Crippen LogP contribution in [0, 0.1) is 13.8 Å². The molecule has 3 amide bonds. The summed E-state index contributed by atoms with van der Waals surface area (Å²) in [6, 6.07) is 4.05. The van der Waals surface area contributed by atoms with Crippen molar-refractivity contribution in [3.05, 3.63) is 50.0 Å². The van der Waals surface area contributed by atoms with E-state index in [0.29, 0.717) is 22.0 Å². The van der Waals surface area contributed by atoms with Crippen LogP contribution in [0.25, 0.3) is 10.9 Å². The van der Waals surface area contributed by atoms with Crippen LogP contribution in [0.1, 0.15) is 45.1 Å². The summed E-state index contributed by atoms with van der Waals surface area (Å²) in [5, 5.41) is 5.95. The van der Waals surface area contributed by atoms with Crippen molar-refractivity contribution in [2.45, 2.75) is 39.3 Å². The van der Waals surface area contributed by atoms with Crippen LogP contribution in [-0.2, 0) is 16.1 Å². The molecule has 1 aromatic carbocycles. The zero-order valence-corrected chi connectivity index (χ0v) is 17.7. The Morgan fingerprint density at radius 2 is 2.06 bits per heavy atom. The number of thiazole rings is 1. The number of benzene rings is 1. The number of hydrogen-bond acceptors (Lipinski definition) is 8. The second-order valence-electron chi connectivity index (χ2n) is 7.17. The highest BCUT2D eigenvalue weighted by molar-refractivity contribution is 7.11. The molecule has 0 saturated carbocycles. The number of nitrogens with two attached hydrogens (primary N) is 1. The number of imide groups is 1. The van der Waals surface area contributed by atoms with Gasteiger partial charge in [-0.3, -0.25) is 29.1 Å². The molecule has 0 spiro atoms. The number of anilines is 1. The van der Waals surface area contributed by atoms with E-state index in [-0.39, 0.29) is 36.4 Å². The number of rotatable bonds is 4. The van der Waals surface area contributed by atoms with Crippen LogP contribution < -0.4 is 21.9 Å². The minimum absolute atomic E-state index is 0.147. The normalized spacial score (nSPS) is 16.4. The summed E-state index contributed by atoms with van der Waals surface area (Å²) >= 11 is 1.35. The highest BCUT2D eigenvalue weighted by atomic mass is 32.1. The smallest absolute Gasteiger partial charge is 0.275 e. The lowest BCUT2D eigenvalue weighted by Gasteiger charge is -2.24. The Hall–Kier alpha value is -3.44. The Morgan fingerprint density at radius 3 is 2.74 bits per heavy atom. The second kappa shape index (κ2) is 8.00. The molecule has 1 unspecified atom stereocenters. The van der Waals surface area contributed by atoms with E-state index >= 15 is 0 Å². The predicted octanol–water partition coefficient (Wildman–Crippen LogP) is 1.16. The fraction of sp³-hybridized carbons (Fsp3) is 0.300. The summed E-state index contributed by atoms with van der Waals surface area (Å²) in [5.74, 6) is -0.999. The molecule has 3 heterocycles. The molecule has 0 aliphatic carbocycles. The van der Waals surface area contributed by atoms with E-state index in [4.69, 9.17) is 5.73 Å². The topological polar surface area (TPSA) is 149 Å². The third kappa shape index (κ3) is 3.73. The third-order valence-electron chi connectivity index (χ3n) is 5.11. The lowest BCUT2D eigenvalue weighted by Crippen LogP contribution is -2.45. The van der Waals surface area contributed by atoms with Gasteiger partial charge >= 0.3 is 0 Å². The molecule has 0 radical (unpaired) electrons. The maximum absolute atomic E-state index is 13.2. The number of piperidine rings is 1. The molecule has 1 saturated heterocycles. The average Bonchev–Trinajstić information content (AvgIpc) is 3.11. The van der Waals surface area contributed by atoms with Crippen LogP contribution in [0.3, 0.4) is 0 Å². The van der Waals surface area contributed by atoms with Gasteiger partial charge in [0.15, 0.2) is 0 Å². The SMILES string of the molecule is Cc1sc(CN)nc1C(=O)Nc1cccc2c(=O)n(C3CCC(=O)NC3=O)c(C)nc12. The molecule has 3 aromatic rings. The Bertz CT molecular complexity index is 1290. The summed E-state index contributed by atoms with van der Waals surface area (Å²) in [6.45, 7) is 3.64. The lowest BCUT2D eigenvalue weighted by molar-refractivity contribution is -0.135. The molecule has 1 fully saturated rings. The largest absolute Gasteiger partial charge is 0.325 e. The van der Waals surface area contributed by atoms with Gasteiger partial charge in [0.25, 0.3) is 11.5 Å². The summed E-state index contributed by atoms with van der Waals surface area (Å²) < 4.78 is 1.30. The Labute approximate surface area is 180 Å². The fourth-order valence-corrected chi connectivity index (χ4v) is 4.46. The number of nitrogens with one attached hydrogen (secondary N) is 2. The Balaban J connectivity index is 1.75. The molecule has 31 heavy (non-hydrogen) atoms. The number of nitrogens with zero attached hydrogens (tertiary/aromatic N) is 3. The van der Waals surface area contributed by atoms with Gasteiger partial charge in [0.05, 0.1) is 11.1 Å². The predicted molar refractivity (Wildman–Crippen MR) is 115 cm³/mol. The maximum Gasteiger partial charge on any atom is 0.275 e. The first kappa shape index (κ1) is 20.8. The first-order chi connectivity index (χ1) is 14.8. The van der Waals surface area contributed by atoms with Crippen molar-refractivity contribution in [2.75, 3.05) is 5.32 Å². The number of carbonyl (C=O) groups excluding carboxylic acids is 3. The number of aryl methyl sites for hydroxylation is 2. The molecule has 10 nitrogen and oxygen atoms in total. The quantitative estimate of drug-likeness (QED) is 0.515. The second-order valence-corrected chi connectivity index (χ2v) is 8.46. The molecule has 0 bridgehead atoms. The molecule has 160 valence electrons.